The van der Waals surface area contributed by atoms with Gasteiger partial charge in [-0.2, -0.15) is 0 Å². The summed E-state index contributed by atoms with van der Waals surface area (Å²) in [5, 5.41) is 0. The molecule has 0 spiro atoms. The molecule has 0 unspecified atom stereocenters. The van der Waals surface area contributed by atoms with Gasteiger partial charge in [-0.25, -0.2) is 4.79 Å². The molecule has 0 aliphatic rings. The highest BCUT2D eigenvalue weighted by Gasteiger charge is 2.10. The normalized spacial score (nSPS) is 10.8. The maximum absolute atomic E-state index is 11.8. The van der Waals surface area contributed by atoms with E-state index in [1.165, 1.54) is 5.56 Å². The van der Waals surface area contributed by atoms with Gasteiger partial charge in [-0.3, -0.25) is 4.57 Å². The summed E-state index contributed by atoms with van der Waals surface area (Å²) >= 11 is 0. The van der Waals surface area contributed by atoms with Crippen LogP contribution < -0.4 is 5.69 Å². The van der Waals surface area contributed by atoms with E-state index in [9.17, 15) is 4.79 Å². The first-order valence-corrected chi connectivity index (χ1v) is 6.12. The van der Waals surface area contributed by atoms with E-state index >= 15 is 0 Å². The Morgan fingerprint density at radius 3 is 2.67 bits per heavy atom. The maximum atomic E-state index is 11.8. The van der Waals surface area contributed by atoms with Gasteiger partial charge >= 0.3 is 5.69 Å². The topological polar surface area (TPSA) is 47.0 Å². The van der Waals surface area contributed by atoms with Gasteiger partial charge in [-0.15, -0.1) is 0 Å². The third-order valence-electron chi connectivity index (χ3n) is 2.99. The van der Waals surface area contributed by atoms with Crippen molar-refractivity contribution >= 4 is 0 Å². The lowest BCUT2D eigenvalue weighted by atomic mass is 10.1. The van der Waals surface area contributed by atoms with Crippen LogP contribution in [0.4, 0.5) is 0 Å². The second-order valence-electron chi connectivity index (χ2n) is 4.21. The Balaban J connectivity index is 2.22. The molecule has 4 nitrogen and oxygen atoms in total. The van der Waals surface area contributed by atoms with E-state index in [1.807, 2.05) is 32.0 Å². The molecule has 0 bridgehead atoms. The van der Waals surface area contributed by atoms with E-state index in [0.29, 0.717) is 13.3 Å². The minimum Gasteiger partial charge on any atom is -0.361 e. The molecule has 0 aliphatic carbocycles. The van der Waals surface area contributed by atoms with Crippen LogP contribution in [0.5, 0.6) is 0 Å². The number of nitrogens with zero attached hydrogens (tertiary/aromatic N) is 1. The molecule has 18 heavy (non-hydrogen) atoms. The Morgan fingerprint density at radius 1 is 1.28 bits per heavy atom. The van der Waals surface area contributed by atoms with Gasteiger partial charge in [0.1, 0.15) is 6.73 Å². The van der Waals surface area contributed by atoms with Crippen molar-refractivity contribution in [3.63, 3.8) is 0 Å². The second-order valence-corrected chi connectivity index (χ2v) is 4.21. The average molecular weight is 246 g/mol. The number of aromatic amines is 1. The predicted molar refractivity (Wildman–Crippen MR) is 70.7 cm³/mol. The summed E-state index contributed by atoms with van der Waals surface area (Å²) in [5.41, 5.74) is 2.97. The molecule has 0 saturated heterocycles. The first kappa shape index (κ1) is 12.6. The van der Waals surface area contributed by atoms with Crippen molar-refractivity contribution in [1.29, 1.82) is 0 Å². The average Bonchev–Trinajstić information content (AvgIpc) is 2.64. The highest BCUT2D eigenvalue weighted by atomic mass is 16.5. The van der Waals surface area contributed by atoms with Crippen LogP contribution in [0.3, 0.4) is 0 Å². The first-order valence-electron chi connectivity index (χ1n) is 6.12. The van der Waals surface area contributed by atoms with Gasteiger partial charge in [-0.05, 0) is 19.4 Å². The molecular formula is C14H18N2O2. The van der Waals surface area contributed by atoms with Crippen molar-refractivity contribution in [2.45, 2.75) is 27.0 Å². The number of H-pyrrole nitrogens is 1. The van der Waals surface area contributed by atoms with Crippen LogP contribution >= 0.6 is 0 Å². The molecule has 0 atom stereocenters. The minimum absolute atomic E-state index is 0.105. The highest BCUT2D eigenvalue weighted by molar-refractivity contribution is 5.24. The van der Waals surface area contributed by atoms with Crippen LogP contribution in [0.15, 0.2) is 35.1 Å². The summed E-state index contributed by atoms with van der Waals surface area (Å²) in [6.07, 6.45) is 0.737. The lowest BCUT2D eigenvalue weighted by Gasteiger charge is -2.05. The summed E-state index contributed by atoms with van der Waals surface area (Å²) in [6, 6.07) is 10.1. The van der Waals surface area contributed by atoms with Gasteiger partial charge in [0.25, 0.3) is 0 Å². The van der Waals surface area contributed by atoms with Gasteiger partial charge < -0.3 is 9.72 Å². The number of rotatable bonds is 5. The summed E-state index contributed by atoms with van der Waals surface area (Å²) in [4.78, 5) is 14.7. The monoisotopic (exact) mass is 246 g/mol. The van der Waals surface area contributed by atoms with Crippen LogP contribution in [0.25, 0.3) is 0 Å². The fraction of sp³-hybridized carbons (Fsp3) is 0.357. The zero-order valence-electron chi connectivity index (χ0n) is 10.8. The molecule has 0 amide bonds. The number of nitrogens with one attached hydrogen (secondary N) is 1. The fourth-order valence-electron chi connectivity index (χ4n) is 1.91. The van der Waals surface area contributed by atoms with E-state index in [1.54, 1.807) is 4.57 Å². The molecule has 0 aliphatic heterocycles. The van der Waals surface area contributed by atoms with Crippen molar-refractivity contribution < 1.29 is 4.74 Å². The minimum atomic E-state index is -0.105. The van der Waals surface area contributed by atoms with Crippen LogP contribution in [-0.4, -0.2) is 16.2 Å². The molecule has 2 aromatic rings. The molecule has 1 aromatic heterocycles. The van der Waals surface area contributed by atoms with Crippen molar-refractivity contribution in [3.05, 3.63) is 57.8 Å². The van der Waals surface area contributed by atoms with Gasteiger partial charge in [-0.1, -0.05) is 30.3 Å². The highest BCUT2D eigenvalue weighted by Crippen LogP contribution is 2.10. The molecule has 0 radical (unpaired) electrons. The van der Waals surface area contributed by atoms with Gasteiger partial charge in [0, 0.05) is 24.4 Å². The lowest BCUT2D eigenvalue weighted by molar-refractivity contribution is 0.0843. The summed E-state index contributed by atoms with van der Waals surface area (Å²) < 4.78 is 6.91. The molecule has 2 rings (SSSR count). The number of benzene rings is 1. The smallest absolute Gasteiger partial charge is 0.327 e. The molecule has 1 N–H and O–H groups in total. The SMILES string of the molecule is CCOCn1c(C)c(Cc2ccccc2)[nH]c1=O. The number of hydrogen-bond donors (Lipinski definition) is 1. The Morgan fingerprint density at radius 2 is 2.00 bits per heavy atom. The number of ether oxygens (including phenoxy) is 1. The van der Waals surface area contributed by atoms with Crippen molar-refractivity contribution in [2.24, 2.45) is 0 Å². The van der Waals surface area contributed by atoms with E-state index in [-0.39, 0.29) is 5.69 Å². The second kappa shape index (κ2) is 5.69. The first-order chi connectivity index (χ1) is 8.72. The summed E-state index contributed by atoms with van der Waals surface area (Å²) in [5.74, 6) is 0. The quantitative estimate of drug-likeness (QED) is 0.878. The van der Waals surface area contributed by atoms with E-state index in [2.05, 4.69) is 17.1 Å². The number of imidazole rings is 1. The van der Waals surface area contributed by atoms with Gasteiger partial charge in [0.2, 0.25) is 0 Å². The van der Waals surface area contributed by atoms with Crippen molar-refractivity contribution in [2.75, 3.05) is 6.61 Å². The third kappa shape index (κ3) is 2.71. The Bertz CT molecular complexity index is 555. The van der Waals surface area contributed by atoms with Gasteiger partial charge in [0.15, 0.2) is 0 Å². The van der Waals surface area contributed by atoms with E-state index in [0.717, 1.165) is 17.8 Å². The Kier molecular flexibility index (Phi) is 3.99. The molecule has 1 heterocycles. The zero-order valence-corrected chi connectivity index (χ0v) is 10.8. The zero-order chi connectivity index (χ0) is 13.0. The van der Waals surface area contributed by atoms with Crippen molar-refractivity contribution in [1.82, 2.24) is 9.55 Å². The molecule has 1 aromatic carbocycles. The maximum Gasteiger partial charge on any atom is 0.327 e. The third-order valence-corrected chi connectivity index (χ3v) is 2.99. The number of hydrogen-bond acceptors (Lipinski definition) is 2. The Labute approximate surface area is 106 Å². The standard InChI is InChI=1S/C14H18N2O2/c1-3-18-10-16-11(2)13(15-14(16)17)9-12-7-5-4-6-8-12/h4-8H,3,9-10H2,1-2H3,(H,15,17). The number of aromatic nitrogens is 2. The van der Waals surface area contributed by atoms with E-state index in [4.69, 9.17) is 4.74 Å². The predicted octanol–water partition coefficient (Wildman–Crippen LogP) is 2.07. The van der Waals surface area contributed by atoms with Crippen LogP contribution in [-0.2, 0) is 17.9 Å². The molecular weight excluding hydrogens is 228 g/mol. The molecule has 0 saturated carbocycles. The van der Waals surface area contributed by atoms with Crippen LogP contribution in [0.1, 0.15) is 23.9 Å². The van der Waals surface area contributed by atoms with E-state index < -0.39 is 0 Å². The summed E-state index contributed by atoms with van der Waals surface area (Å²) in [7, 11) is 0. The lowest BCUT2D eigenvalue weighted by Crippen LogP contribution is -2.19. The molecule has 4 heteroatoms. The van der Waals surface area contributed by atoms with Crippen LogP contribution in [0, 0.1) is 6.92 Å². The fourth-order valence-corrected chi connectivity index (χ4v) is 1.91. The Hall–Kier alpha value is -1.81. The van der Waals surface area contributed by atoms with Gasteiger partial charge in [0.05, 0.1) is 0 Å². The largest absolute Gasteiger partial charge is 0.361 e. The van der Waals surface area contributed by atoms with Crippen LogP contribution in [0.2, 0.25) is 0 Å². The molecule has 0 fully saturated rings. The summed E-state index contributed by atoms with van der Waals surface area (Å²) in [6.45, 7) is 4.77. The van der Waals surface area contributed by atoms with Crippen molar-refractivity contribution in [3.8, 4) is 0 Å². The molecule has 96 valence electrons.